The minimum atomic E-state index is -1.57. The smallest absolute Gasteiger partial charge is 0.254 e. The summed E-state index contributed by atoms with van der Waals surface area (Å²) in [5.41, 5.74) is 0.0691. The van der Waals surface area contributed by atoms with E-state index in [1.165, 1.54) is 7.05 Å². The highest BCUT2D eigenvalue weighted by Crippen LogP contribution is 2.22. The van der Waals surface area contributed by atoms with Crippen molar-refractivity contribution in [1.82, 2.24) is 4.90 Å². The summed E-state index contributed by atoms with van der Waals surface area (Å²) >= 11 is 0. The number of rotatable bonds is 3. The molecule has 0 fully saturated rings. The maximum atomic E-state index is 13.1. The molecular weight excluding hydrogens is 299 g/mol. The number of halogens is 3. The van der Waals surface area contributed by atoms with Gasteiger partial charge in [0.05, 0.1) is 0 Å². The molecule has 0 aromatic heterocycles. The molecule has 1 amide bonds. The number of aromatic hydroxyl groups is 2. The van der Waals surface area contributed by atoms with Crippen LogP contribution < -0.4 is 0 Å². The average Bonchev–Trinajstić information content (AvgIpc) is 2.42. The number of carbonyl (C=O) groups excluding carboxylic acids is 1. The molecule has 0 saturated heterocycles. The minimum Gasteiger partial charge on any atom is -0.508 e. The summed E-state index contributed by atoms with van der Waals surface area (Å²) in [5, 5.41) is 18.7. The van der Waals surface area contributed by atoms with Crippen LogP contribution in [0, 0.1) is 17.5 Å². The number of carbonyl (C=O) groups is 1. The summed E-state index contributed by atoms with van der Waals surface area (Å²) in [6, 6.07) is 4.93. The van der Waals surface area contributed by atoms with E-state index < -0.39 is 23.4 Å². The molecule has 0 spiro atoms. The Balaban J connectivity index is 2.21. The highest BCUT2D eigenvalue weighted by atomic mass is 19.2. The summed E-state index contributed by atoms with van der Waals surface area (Å²) in [7, 11) is 1.36. The lowest BCUT2D eigenvalue weighted by Crippen LogP contribution is -2.26. The van der Waals surface area contributed by atoms with E-state index in [1.807, 2.05) is 0 Å². The first kappa shape index (κ1) is 15.7. The number of phenolic OH excluding ortho intramolecular Hbond substituents is 2. The average molecular weight is 311 g/mol. The lowest BCUT2D eigenvalue weighted by atomic mass is 10.1. The standard InChI is InChI=1S/C15H12F3NO3/c1-19(7-8-2-12(16)14(18)13(17)3-8)15(22)9-4-10(20)6-11(21)5-9/h2-6,20-21H,7H2,1H3. The Morgan fingerprint density at radius 2 is 1.50 bits per heavy atom. The van der Waals surface area contributed by atoms with Crippen LogP contribution in [0.4, 0.5) is 13.2 Å². The predicted molar refractivity (Wildman–Crippen MR) is 71.9 cm³/mol. The molecule has 0 radical (unpaired) electrons. The third-order valence-electron chi connectivity index (χ3n) is 2.96. The molecule has 0 atom stereocenters. The van der Waals surface area contributed by atoms with Gasteiger partial charge in [0.15, 0.2) is 17.5 Å². The van der Waals surface area contributed by atoms with E-state index in [1.54, 1.807) is 0 Å². The first-order valence-corrected chi connectivity index (χ1v) is 6.20. The second-order valence-corrected chi connectivity index (χ2v) is 4.77. The van der Waals surface area contributed by atoms with Crippen molar-refractivity contribution in [3.05, 3.63) is 58.9 Å². The van der Waals surface area contributed by atoms with Crippen molar-refractivity contribution in [2.75, 3.05) is 7.05 Å². The van der Waals surface area contributed by atoms with E-state index in [9.17, 15) is 28.2 Å². The number of hydrogen-bond acceptors (Lipinski definition) is 3. The zero-order valence-corrected chi connectivity index (χ0v) is 11.5. The highest BCUT2D eigenvalue weighted by Gasteiger charge is 2.16. The Hall–Kier alpha value is -2.70. The monoisotopic (exact) mass is 311 g/mol. The van der Waals surface area contributed by atoms with Crippen LogP contribution in [0.1, 0.15) is 15.9 Å². The Morgan fingerprint density at radius 3 is 2.00 bits per heavy atom. The quantitative estimate of drug-likeness (QED) is 0.857. The molecule has 2 aromatic rings. The van der Waals surface area contributed by atoms with E-state index in [-0.39, 0.29) is 29.2 Å². The van der Waals surface area contributed by atoms with Crippen molar-refractivity contribution in [3.8, 4) is 11.5 Å². The molecule has 2 N–H and O–H groups in total. The van der Waals surface area contributed by atoms with Crippen LogP contribution in [0.25, 0.3) is 0 Å². The summed E-state index contributed by atoms with van der Waals surface area (Å²) in [5.74, 6) is -5.44. The number of amides is 1. The lowest BCUT2D eigenvalue weighted by molar-refractivity contribution is 0.0784. The van der Waals surface area contributed by atoms with Crippen LogP contribution >= 0.6 is 0 Å². The van der Waals surface area contributed by atoms with Gasteiger partial charge >= 0.3 is 0 Å². The van der Waals surface area contributed by atoms with Gasteiger partial charge in [0, 0.05) is 25.2 Å². The fourth-order valence-electron chi connectivity index (χ4n) is 1.98. The summed E-state index contributed by atoms with van der Waals surface area (Å²) in [6.45, 7) is -0.177. The molecular formula is C15H12F3NO3. The maximum absolute atomic E-state index is 13.1. The van der Waals surface area contributed by atoms with E-state index in [2.05, 4.69) is 0 Å². The molecule has 7 heteroatoms. The largest absolute Gasteiger partial charge is 0.508 e. The van der Waals surface area contributed by atoms with Gasteiger partial charge in [-0.1, -0.05) is 0 Å². The molecule has 0 aliphatic heterocycles. The molecule has 116 valence electrons. The molecule has 22 heavy (non-hydrogen) atoms. The Labute approximate surface area is 124 Å². The topological polar surface area (TPSA) is 60.8 Å². The fourth-order valence-corrected chi connectivity index (χ4v) is 1.98. The summed E-state index contributed by atoms with van der Waals surface area (Å²) in [6.07, 6.45) is 0. The van der Waals surface area contributed by atoms with Gasteiger partial charge in [-0.15, -0.1) is 0 Å². The van der Waals surface area contributed by atoms with E-state index in [0.29, 0.717) is 0 Å². The van der Waals surface area contributed by atoms with Gasteiger partial charge in [-0.25, -0.2) is 13.2 Å². The van der Waals surface area contributed by atoms with Gasteiger partial charge in [-0.05, 0) is 29.8 Å². The third kappa shape index (κ3) is 3.30. The predicted octanol–water partition coefficient (Wildman–Crippen LogP) is 2.79. The van der Waals surface area contributed by atoms with E-state index in [4.69, 9.17) is 0 Å². The van der Waals surface area contributed by atoms with Crippen molar-refractivity contribution in [3.63, 3.8) is 0 Å². The van der Waals surface area contributed by atoms with Gasteiger partial charge in [0.25, 0.3) is 5.91 Å². The molecule has 0 unspecified atom stereocenters. The Bertz CT molecular complexity index is 691. The molecule has 0 saturated carbocycles. The molecule has 0 aliphatic rings. The third-order valence-corrected chi connectivity index (χ3v) is 2.96. The van der Waals surface area contributed by atoms with Gasteiger partial charge in [0.1, 0.15) is 11.5 Å². The lowest BCUT2D eigenvalue weighted by Gasteiger charge is -2.18. The molecule has 2 aromatic carbocycles. The van der Waals surface area contributed by atoms with Crippen molar-refractivity contribution in [1.29, 1.82) is 0 Å². The molecule has 0 heterocycles. The highest BCUT2D eigenvalue weighted by molar-refractivity contribution is 5.94. The second kappa shape index (κ2) is 5.97. The maximum Gasteiger partial charge on any atom is 0.254 e. The molecule has 4 nitrogen and oxygen atoms in total. The number of nitrogens with zero attached hydrogens (tertiary/aromatic N) is 1. The normalized spacial score (nSPS) is 10.5. The zero-order chi connectivity index (χ0) is 16.4. The molecule has 0 aliphatic carbocycles. The van der Waals surface area contributed by atoms with Gasteiger partial charge in [0.2, 0.25) is 0 Å². The first-order chi connectivity index (χ1) is 10.3. The Kier molecular flexibility index (Phi) is 4.25. The van der Waals surface area contributed by atoms with Crippen molar-refractivity contribution < 1.29 is 28.2 Å². The van der Waals surface area contributed by atoms with Crippen LogP contribution in [-0.4, -0.2) is 28.1 Å². The van der Waals surface area contributed by atoms with Crippen LogP contribution in [0.5, 0.6) is 11.5 Å². The number of phenols is 2. The van der Waals surface area contributed by atoms with Crippen LogP contribution in [0.2, 0.25) is 0 Å². The van der Waals surface area contributed by atoms with Crippen molar-refractivity contribution >= 4 is 5.91 Å². The minimum absolute atomic E-state index is 0.00283. The van der Waals surface area contributed by atoms with Crippen molar-refractivity contribution in [2.24, 2.45) is 0 Å². The molecule has 2 rings (SSSR count). The van der Waals surface area contributed by atoms with Crippen molar-refractivity contribution in [2.45, 2.75) is 6.54 Å². The number of hydrogen-bond donors (Lipinski definition) is 2. The van der Waals surface area contributed by atoms with Gasteiger partial charge in [-0.2, -0.15) is 0 Å². The summed E-state index contributed by atoms with van der Waals surface area (Å²) in [4.78, 5) is 13.2. The van der Waals surface area contributed by atoms with Gasteiger partial charge in [-0.3, -0.25) is 4.79 Å². The van der Waals surface area contributed by atoms with Crippen LogP contribution in [0.15, 0.2) is 30.3 Å². The second-order valence-electron chi connectivity index (χ2n) is 4.77. The summed E-state index contributed by atoms with van der Waals surface area (Å²) < 4.78 is 39.1. The Morgan fingerprint density at radius 1 is 1.00 bits per heavy atom. The number of benzene rings is 2. The SMILES string of the molecule is CN(Cc1cc(F)c(F)c(F)c1)C(=O)c1cc(O)cc(O)c1. The van der Waals surface area contributed by atoms with Crippen LogP contribution in [-0.2, 0) is 6.54 Å². The fraction of sp³-hybridized carbons (Fsp3) is 0.133. The van der Waals surface area contributed by atoms with E-state index in [0.717, 1.165) is 35.2 Å². The van der Waals surface area contributed by atoms with Crippen LogP contribution in [0.3, 0.4) is 0 Å². The van der Waals surface area contributed by atoms with Gasteiger partial charge < -0.3 is 15.1 Å². The first-order valence-electron chi connectivity index (χ1n) is 6.20. The van der Waals surface area contributed by atoms with E-state index >= 15 is 0 Å². The molecule has 0 bridgehead atoms. The zero-order valence-electron chi connectivity index (χ0n) is 11.5.